The molecule has 0 radical (unpaired) electrons. The van der Waals surface area contributed by atoms with Crippen LogP contribution < -0.4 is 0 Å². The maximum absolute atomic E-state index is 10.2. The number of hydrogen-bond acceptors (Lipinski definition) is 10. The van der Waals surface area contributed by atoms with Gasteiger partial charge >= 0.3 is 0 Å². The van der Waals surface area contributed by atoms with E-state index >= 15 is 0 Å². The van der Waals surface area contributed by atoms with Crippen molar-refractivity contribution in [3.63, 3.8) is 0 Å². The minimum absolute atomic E-state index is 0.146. The zero-order valence-electron chi connectivity index (χ0n) is 18.2. The highest BCUT2D eigenvalue weighted by Gasteiger charge is 2.45. The van der Waals surface area contributed by atoms with E-state index in [1.165, 1.54) is 5.57 Å². The third-order valence-electron chi connectivity index (χ3n) is 5.33. The average Bonchev–Trinajstić information content (AvgIpc) is 2.72. The van der Waals surface area contributed by atoms with Crippen molar-refractivity contribution in [1.82, 2.24) is 0 Å². The van der Waals surface area contributed by atoms with Crippen LogP contribution in [0.2, 0.25) is 0 Å². The van der Waals surface area contributed by atoms with Crippen LogP contribution in [0, 0.1) is 0 Å². The normalized spacial score (nSPS) is 39.4. The molecule has 2 aliphatic heterocycles. The monoisotopic (exact) mass is 448 g/mol. The third kappa shape index (κ3) is 7.57. The van der Waals surface area contributed by atoms with Crippen molar-refractivity contribution >= 4 is 0 Å². The fourth-order valence-electron chi connectivity index (χ4n) is 3.28. The van der Waals surface area contributed by atoms with E-state index in [1.54, 1.807) is 0 Å². The number of aliphatic hydroxyl groups excluding tert-OH is 6. The maximum Gasteiger partial charge on any atom is 0.187 e. The predicted octanol–water partition coefficient (Wildman–Crippen LogP) is -1.04. The van der Waals surface area contributed by atoms with Crippen LogP contribution in [0.5, 0.6) is 0 Å². The summed E-state index contributed by atoms with van der Waals surface area (Å²) in [6, 6.07) is 0. The van der Waals surface area contributed by atoms with Gasteiger partial charge in [-0.25, -0.2) is 0 Å². The van der Waals surface area contributed by atoms with E-state index in [-0.39, 0.29) is 19.8 Å². The van der Waals surface area contributed by atoms with Crippen LogP contribution in [0.1, 0.15) is 33.6 Å². The topological polar surface area (TPSA) is 158 Å². The van der Waals surface area contributed by atoms with Crippen LogP contribution in [-0.2, 0) is 18.9 Å². The molecule has 2 aliphatic rings. The predicted molar refractivity (Wildman–Crippen MR) is 109 cm³/mol. The fourth-order valence-corrected chi connectivity index (χ4v) is 3.28. The summed E-state index contributed by atoms with van der Waals surface area (Å²) in [5, 5.41) is 59.6. The number of rotatable bonds is 9. The van der Waals surface area contributed by atoms with Crippen molar-refractivity contribution in [3.8, 4) is 0 Å². The summed E-state index contributed by atoms with van der Waals surface area (Å²) < 4.78 is 21.6. The van der Waals surface area contributed by atoms with Gasteiger partial charge in [0, 0.05) is 0 Å². The van der Waals surface area contributed by atoms with Crippen molar-refractivity contribution in [3.05, 3.63) is 23.3 Å². The van der Waals surface area contributed by atoms with Gasteiger partial charge in [-0.05, 0) is 33.6 Å². The van der Waals surface area contributed by atoms with Gasteiger partial charge in [0.1, 0.15) is 42.7 Å². The van der Waals surface area contributed by atoms with Gasteiger partial charge in [0.25, 0.3) is 0 Å². The summed E-state index contributed by atoms with van der Waals surface area (Å²) in [5.74, 6) is 0. The van der Waals surface area contributed by atoms with Gasteiger partial charge in [-0.3, -0.25) is 0 Å². The molecule has 10 heteroatoms. The van der Waals surface area contributed by atoms with Crippen molar-refractivity contribution < 1.29 is 49.6 Å². The van der Waals surface area contributed by atoms with Gasteiger partial charge in [0.15, 0.2) is 12.6 Å². The number of hydrogen-bond donors (Lipinski definition) is 6. The SMILES string of the molecule is CC(C)=CCC/C(C)=C\CO[C@@H]1O[C@H](CO[C@@H]2OC[C@@H](O)[C@H](O)[C@H]2O)[C@@H](O)[C@H](O)[C@H]1O. The standard InChI is InChI=1S/C21H36O10/c1-11(2)5-4-6-12(3)7-8-28-21-19(27)17(25)16(24)14(31-21)10-30-20-18(26)15(23)13(22)9-29-20/h5,7,13-27H,4,6,8-10H2,1-3H3/b12-7-/t13-,14-,15+,16-,17+,18-,19-,20+,21-/m1/s1. The first-order valence-corrected chi connectivity index (χ1v) is 10.5. The van der Waals surface area contributed by atoms with E-state index in [4.69, 9.17) is 18.9 Å². The first kappa shape index (κ1) is 26.3. The summed E-state index contributed by atoms with van der Waals surface area (Å²) in [5.41, 5.74) is 2.35. The molecular formula is C21H36O10. The number of allylic oxidation sites excluding steroid dienone is 3. The van der Waals surface area contributed by atoms with E-state index in [1.807, 2.05) is 26.8 Å². The molecule has 2 fully saturated rings. The Bertz CT molecular complexity index is 605. The van der Waals surface area contributed by atoms with Crippen LogP contribution in [0.4, 0.5) is 0 Å². The molecule has 180 valence electrons. The fraction of sp³-hybridized carbons (Fsp3) is 0.810. The molecule has 0 aliphatic carbocycles. The molecular weight excluding hydrogens is 412 g/mol. The highest BCUT2D eigenvalue weighted by atomic mass is 16.7. The van der Waals surface area contributed by atoms with Crippen LogP contribution in [0.3, 0.4) is 0 Å². The Balaban J connectivity index is 1.86. The van der Waals surface area contributed by atoms with Gasteiger partial charge in [0.2, 0.25) is 0 Å². The maximum atomic E-state index is 10.2. The van der Waals surface area contributed by atoms with Gasteiger partial charge in [0.05, 0.1) is 19.8 Å². The van der Waals surface area contributed by atoms with Crippen molar-refractivity contribution in [1.29, 1.82) is 0 Å². The van der Waals surface area contributed by atoms with Crippen LogP contribution in [0.25, 0.3) is 0 Å². The largest absolute Gasteiger partial charge is 0.388 e. The van der Waals surface area contributed by atoms with E-state index in [2.05, 4.69) is 6.08 Å². The Morgan fingerprint density at radius 3 is 2.19 bits per heavy atom. The van der Waals surface area contributed by atoms with Gasteiger partial charge < -0.3 is 49.6 Å². The quantitative estimate of drug-likeness (QED) is 0.241. The summed E-state index contributed by atoms with van der Waals surface area (Å²) in [7, 11) is 0. The smallest absolute Gasteiger partial charge is 0.187 e. The second-order valence-corrected chi connectivity index (χ2v) is 8.30. The molecule has 6 N–H and O–H groups in total. The second-order valence-electron chi connectivity index (χ2n) is 8.30. The zero-order chi connectivity index (χ0) is 23.1. The van der Waals surface area contributed by atoms with Crippen LogP contribution in [0.15, 0.2) is 23.3 Å². The molecule has 0 aromatic rings. The lowest BCUT2D eigenvalue weighted by Gasteiger charge is -2.41. The Labute approximate surface area is 182 Å². The highest BCUT2D eigenvalue weighted by molar-refractivity contribution is 5.02. The van der Waals surface area contributed by atoms with E-state index in [0.29, 0.717) is 0 Å². The Kier molecular flexibility index (Phi) is 10.5. The Morgan fingerprint density at radius 2 is 1.52 bits per heavy atom. The van der Waals surface area contributed by atoms with Crippen LogP contribution >= 0.6 is 0 Å². The molecule has 0 aromatic carbocycles. The lowest BCUT2D eigenvalue weighted by atomic mass is 9.99. The zero-order valence-corrected chi connectivity index (χ0v) is 18.2. The van der Waals surface area contributed by atoms with Crippen molar-refractivity contribution in [2.24, 2.45) is 0 Å². The first-order chi connectivity index (χ1) is 14.6. The first-order valence-electron chi connectivity index (χ1n) is 10.5. The minimum atomic E-state index is -1.53. The Hall–Kier alpha value is -0.920. The molecule has 10 nitrogen and oxygen atoms in total. The minimum Gasteiger partial charge on any atom is -0.388 e. The van der Waals surface area contributed by atoms with Gasteiger partial charge in [-0.15, -0.1) is 0 Å². The summed E-state index contributed by atoms with van der Waals surface area (Å²) in [4.78, 5) is 0. The van der Waals surface area contributed by atoms with E-state index < -0.39 is 55.3 Å². The molecule has 2 heterocycles. The molecule has 0 unspecified atom stereocenters. The summed E-state index contributed by atoms with van der Waals surface area (Å²) in [6.45, 7) is 5.65. The number of ether oxygens (including phenoxy) is 4. The van der Waals surface area contributed by atoms with E-state index in [9.17, 15) is 30.6 Å². The molecule has 0 spiro atoms. The van der Waals surface area contributed by atoms with Gasteiger partial charge in [-0.1, -0.05) is 23.3 Å². The second kappa shape index (κ2) is 12.4. The molecule has 31 heavy (non-hydrogen) atoms. The van der Waals surface area contributed by atoms with Crippen molar-refractivity contribution in [2.45, 2.75) is 88.9 Å². The van der Waals surface area contributed by atoms with Gasteiger partial charge in [-0.2, -0.15) is 0 Å². The lowest BCUT2D eigenvalue weighted by molar-refractivity contribution is -0.319. The average molecular weight is 449 g/mol. The summed E-state index contributed by atoms with van der Waals surface area (Å²) >= 11 is 0. The molecule has 9 atom stereocenters. The Morgan fingerprint density at radius 1 is 0.839 bits per heavy atom. The molecule has 0 amide bonds. The molecule has 0 saturated carbocycles. The molecule has 2 saturated heterocycles. The molecule has 0 aromatic heterocycles. The van der Waals surface area contributed by atoms with Crippen molar-refractivity contribution in [2.75, 3.05) is 19.8 Å². The van der Waals surface area contributed by atoms with Crippen LogP contribution in [-0.4, -0.2) is 106 Å². The molecule has 2 rings (SSSR count). The molecule has 0 bridgehead atoms. The van der Waals surface area contributed by atoms with E-state index in [0.717, 1.165) is 18.4 Å². The lowest BCUT2D eigenvalue weighted by Crippen LogP contribution is -2.60. The third-order valence-corrected chi connectivity index (χ3v) is 5.33. The number of aliphatic hydroxyl groups is 6. The summed E-state index contributed by atoms with van der Waals surface area (Å²) in [6.07, 6.45) is -6.36. The highest BCUT2D eigenvalue weighted by Crippen LogP contribution is 2.24.